The highest BCUT2D eigenvalue weighted by Crippen LogP contribution is 2.37. The smallest absolute Gasteiger partial charge is 0.249 e. The van der Waals surface area contributed by atoms with Crippen LogP contribution in [-0.2, 0) is 19.2 Å². The number of rotatable bonds is 10. The Bertz CT molecular complexity index is 2010. The molecule has 58 heavy (non-hydrogen) atoms. The largest absolute Gasteiger partial charge is 0.374 e. The fourth-order valence-corrected chi connectivity index (χ4v) is 9.51. The van der Waals surface area contributed by atoms with Crippen LogP contribution in [0.5, 0.6) is 0 Å². The van der Waals surface area contributed by atoms with Crippen molar-refractivity contribution in [2.45, 2.75) is 114 Å². The molecule has 3 saturated heterocycles. The normalized spacial score (nSPS) is 24.2. The maximum atomic E-state index is 15.4. The number of anilines is 4. The lowest BCUT2D eigenvalue weighted by atomic mass is 9.78. The molecule has 15 heteroatoms. The molecule has 3 aromatic rings. The Hall–Kier alpha value is -5.18. The molecular formula is C43H53F2N9O4. The van der Waals surface area contributed by atoms with Gasteiger partial charge in [-0.15, -0.1) is 0 Å². The van der Waals surface area contributed by atoms with Crippen LogP contribution in [0.3, 0.4) is 0 Å². The Labute approximate surface area is 337 Å². The number of piperidine rings is 2. The molecule has 4 amide bonds. The predicted molar refractivity (Wildman–Crippen MR) is 217 cm³/mol. The van der Waals surface area contributed by atoms with Crippen LogP contribution in [0.4, 0.5) is 31.8 Å². The van der Waals surface area contributed by atoms with Crippen molar-refractivity contribution in [2.75, 3.05) is 53.2 Å². The van der Waals surface area contributed by atoms with E-state index in [1.165, 1.54) is 12.3 Å². The molecule has 0 bridgehead atoms. The fourth-order valence-electron chi connectivity index (χ4n) is 9.51. The number of imide groups is 1. The SMILES string of the molecule is O=C1CC[C@H](Nc2ccc(N3CCN(C4(C(=O)NC5CCC(Nc6ncc(F)c(-c7cccc(N8CCCCC8=O)c7)n6)CC5)CCCCC4)CC3)c(F)c2)C(=O)N1. The summed E-state index contributed by atoms with van der Waals surface area (Å²) in [5.41, 5.74) is 1.90. The van der Waals surface area contributed by atoms with Gasteiger partial charge in [-0.05, 0) is 88.1 Å². The van der Waals surface area contributed by atoms with Gasteiger partial charge in [-0.1, -0.05) is 31.4 Å². The van der Waals surface area contributed by atoms with Gasteiger partial charge in [0.25, 0.3) is 0 Å². The molecule has 5 aliphatic rings. The van der Waals surface area contributed by atoms with Crippen molar-refractivity contribution in [2.24, 2.45) is 0 Å². The van der Waals surface area contributed by atoms with Crippen molar-refractivity contribution in [1.29, 1.82) is 0 Å². The second kappa shape index (κ2) is 17.4. The molecule has 1 atom stereocenters. The average molecular weight is 798 g/mol. The summed E-state index contributed by atoms with van der Waals surface area (Å²) in [5.74, 6) is -1.09. The van der Waals surface area contributed by atoms with Crippen molar-refractivity contribution in [3.8, 4) is 11.3 Å². The van der Waals surface area contributed by atoms with Gasteiger partial charge in [-0.2, -0.15) is 0 Å². The number of carbonyl (C=O) groups excluding carboxylic acids is 4. The second-order valence-electron chi connectivity index (χ2n) is 16.5. The van der Waals surface area contributed by atoms with E-state index in [-0.39, 0.29) is 47.7 Å². The third-order valence-corrected chi connectivity index (χ3v) is 12.8. The van der Waals surface area contributed by atoms with E-state index in [2.05, 4.69) is 36.1 Å². The van der Waals surface area contributed by atoms with Crippen LogP contribution >= 0.6 is 0 Å². The lowest BCUT2D eigenvalue weighted by molar-refractivity contribution is -0.138. The number of hydrogen-bond acceptors (Lipinski definition) is 10. The van der Waals surface area contributed by atoms with E-state index in [1.807, 2.05) is 23.1 Å². The van der Waals surface area contributed by atoms with E-state index in [1.54, 1.807) is 23.1 Å². The van der Waals surface area contributed by atoms with E-state index >= 15 is 8.78 Å². The van der Waals surface area contributed by atoms with Crippen molar-refractivity contribution in [3.63, 3.8) is 0 Å². The van der Waals surface area contributed by atoms with Gasteiger partial charge in [0.1, 0.15) is 23.1 Å². The predicted octanol–water partition coefficient (Wildman–Crippen LogP) is 5.52. The summed E-state index contributed by atoms with van der Waals surface area (Å²) >= 11 is 0. The first kappa shape index (κ1) is 39.6. The summed E-state index contributed by atoms with van der Waals surface area (Å²) in [6.45, 7) is 3.09. The van der Waals surface area contributed by atoms with Crippen LogP contribution in [0.25, 0.3) is 11.3 Å². The van der Waals surface area contributed by atoms with Gasteiger partial charge in [-0.25, -0.2) is 18.7 Å². The van der Waals surface area contributed by atoms with Crippen LogP contribution in [0, 0.1) is 11.6 Å². The number of hydrogen-bond donors (Lipinski definition) is 4. The Balaban J connectivity index is 0.847. The first-order chi connectivity index (χ1) is 28.1. The molecule has 2 aromatic carbocycles. The molecule has 0 spiro atoms. The zero-order chi connectivity index (χ0) is 40.2. The summed E-state index contributed by atoms with van der Waals surface area (Å²) < 4.78 is 30.5. The lowest BCUT2D eigenvalue weighted by Crippen LogP contribution is -2.65. The van der Waals surface area contributed by atoms with Crippen molar-refractivity contribution in [3.05, 3.63) is 60.3 Å². The highest BCUT2D eigenvalue weighted by atomic mass is 19.1. The highest BCUT2D eigenvalue weighted by molar-refractivity contribution is 6.01. The molecule has 2 saturated carbocycles. The first-order valence-corrected chi connectivity index (χ1v) is 21.1. The summed E-state index contributed by atoms with van der Waals surface area (Å²) in [5, 5.41) is 12.2. The first-order valence-electron chi connectivity index (χ1n) is 21.1. The highest BCUT2D eigenvalue weighted by Gasteiger charge is 2.46. The number of benzene rings is 2. The molecule has 8 rings (SSSR count). The summed E-state index contributed by atoms with van der Waals surface area (Å²) in [7, 11) is 0. The maximum absolute atomic E-state index is 15.4. The molecule has 3 aliphatic heterocycles. The Morgan fingerprint density at radius 3 is 2.31 bits per heavy atom. The number of amides is 4. The third-order valence-electron chi connectivity index (χ3n) is 12.8. The molecule has 308 valence electrons. The summed E-state index contributed by atoms with van der Waals surface area (Å²) in [6, 6.07) is 11.7. The van der Waals surface area contributed by atoms with Crippen molar-refractivity contribution >= 4 is 46.6 Å². The quantitative estimate of drug-likeness (QED) is 0.193. The fraction of sp³-hybridized carbons (Fsp3) is 0.535. The molecule has 4 N–H and O–H groups in total. The van der Waals surface area contributed by atoms with Gasteiger partial charge in [-0.3, -0.25) is 29.4 Å². The molecule has 4 heterocycles. The Morgan fingerprint density at radius 2 is 1.57 bits per heavy atom. The van der Waals surface area contributed by atoms with Gasteiger partial charge >= 0.3 is 0 Å². The molecule has 2 aliphatic carbocycles. The summed E-state index contributed by atoms with van der Waals surface area (Å²) in [6.07, 6.45) is 12.0. The minimum absolute atomic E-state index is 0.0389. The minimum atomic E-state index is -0.593. The Kier molecular flexibility index (Phi) is 11.9. The second-order valence-corrected chi connectivity index (χ2v) is 16.5. The van der Waals surface area contributed by atoms with Crippen LogP contribution in [0.1, 0.15) is 89.9 Å². The van der Waals surface area contributed by atoms with E-state index < -0.39 is 23.3 Å². The molecule has 0 unspecified atom stereocenters. The van der Waals surface area contributed by atoms with Crippen molar-refractivity contribution in [1.82, 2.24) is 25.5 Å². The minimum Gasteiger partial charge on any atom is -0.374 e. The summed E-state index contributed by atoms with van der Waals surface area (Å²) in [4.78, 5) is 65.4. The number of nitrogens with zero attached hydrogens (tertiary/aromatic N) is 5. The van der Waals surface area contributed by atoms with Gasteiger partial charge in [0.05, 0.1) is 11.9 Å². The van der Waals surface area contributed by atoms with E-state index in [0.717, 1.165) is 76.3 Å². The number of halogens is 2. The van der Waals surface area contributed by atoms with E-state index in [4.69, 9.17) is 0 Å². The molecule has 1 aromatic heterocycles. The van der Waals surface area contributed by atoms with Crippen LogP contribution < -0.4 is 31.1 Å². The molecule has 13 nitrogen and oxygen atoms in total. The molecular weight excluding hydrogens is 745 g/mol. The van der Waals surface area contributed by atoms with Gasteiger partial charge in [0.15, 0.2) is 5.82 Å². The monoisotopic (exact) mass is 797 g/mol. The Morgan fingerprint density at radius 1 is 0.793 bits per heavy atom. The van der Waals surface area contributed by atoms with Crippen molar-refractivity contribution < 1.29 is 28.0 Å². The van der Waals surface area contributed by atoms with Gasteiger partial charge in [0, 0.05) is 74.6 Å². The van der Waals surface area contributed by atoms with Gasteiger partial charge < -0.3 is 25.8 Å². The molecule has 0 radical (unpaired) electrons. The maximum Gasteiger partial charge on any atom is 0.249 e. The van der Waals surface area contributed by atoms with Crippen LogP contribution in [0.15, 0.2) is 48.7 Å². The van der Waals surface area contributed by atoms with E-state index in [9.17, 15) is 19.2 Å². The number of aromatic nitrogens is 2. The lowest BCUT2D eigenvalue weighted by Gasteiger charge is -2.49. The van der Waals surface area contributed by atoms with Crippen LogP contribution in [-0.4, -0.2) is 94.9 Å². The van der Waals surface area contributed by atoms with E-state index in [0.29, 0.717) is 68.5 Å². The number of piperazine rings is 1. The zero-order valence-corrected chi connectivity index (χ0v) is 32.9. The number of nitrogens with one attached hydrogen (secondary N) is 4. The van der Waals surface area contributed by atoms with Gasteiger partial charge in [0.2, 0.25) is 29.6 Å². The third kappa shape index (κ3) is 8.64. The standard InChI is InChI=1S/C43H53F2N9O4/c44-33-26-31(47-35-15-17-37(55)50-40(35)57)14-16-36(33)52-21-23-53(24-22-52)43(18-3-1-4-19-43)41(58)48-29-10-12-30(13-11-29)49-42-46-27-34(45)39(51-42)28-7-6-8-32(25-28)54-20-5-2-9-38(54)56/h6-8,14,16,25-27,29-30,35,47H,1-5,9-13,15,17-24H2,(H,48,58)(H,46,49,51)(H,50,55,57)/t29?,30?,35-/m0/s1. The topological polar surface area (TPSA) is 152 Å². The van der Waals surface area contributed by atoms with Crippen LogP contribution in [0.2, 0.25) is 0 Å². The zero-order valence-electron chi connectivity index (χ0n) is 32.9. The molecule has 5 fully saturated rings. The average Bonchev–Trinajstić information content (AvgIpc) is 3.24. The number of carbonyl (C=O) groups is 4.